The average molecular weight is 702 g/mol. The molecule has 2 fully saturated rings. The highest BCUT2D eigenvalue weighted by molar-refractivity contribution is 5.93. The fourth-order valence-electron chi connectivity index (χ4n) is 7.43. The largest absolute Gasteiger partial charge is 0.445 e. The van der Waals surface area contributed by atoms with Crippen molar-refractivity contribution >= 4 is 35.4 Å². The SMILES string of the molecule is CCC(C)C(C(CC(=O)N1CCCC1C(OC)C(C)C)OC)N(C)C(=O)CNC(=O)[C@]1(C)CCCN1C(=O)OCc1ccc(NC(C)=O)cc1. The van der Waals surface area contributed by atoms with Gasteiger partial charge in [-0.1, -0.05) is 46.2 Å². The molecule has 13 heteroatoms. The van der Waals surface area contributed by atoms with Crippen molar-refractivity contribution in [3.8, 4) is 0 Å². The lowest BCUT2D eigenvalue weighted by molar-refractivity contribution is -0.144. The van der Waals surface area contributed by atoms with Crippen molar-refractivity contribution in [2.24, 2.45) is 11.8 Å². The van der Waals surface area contributed by atoms with Crippen LogP contribution in [0.2, 0.25) is 0 Å². The second-order valence-corrected chi connectivity index (χ2v) is 14.2. The molecule has 0 aromatic heterocycles. The van der Waals surface area contributed by atoms with Crippen molar-refractivity contribution in [3.63, 3.8) is 0 Å². The van der Waals surface area contributed by atoms with Crippen LogP contribution in [0, 0.1) is 11.8 Å². The Bertz CT molecular complexity index is 1320. The summed E-state index contributed by atoms with van der Waals surface area (Å²) in [6.07, 6.45) is 2.47. The molecule has 1 aromatic rings. The van der Waals surface area contributed by atoms with E-state index in [0.29, 0.717) is 31.6 Å². The lowest BCUT2D eigenvalue weighted by Crippen LogP contribution is -2.58. The number of hydrogen-bond acceptors (Lipinski definition) is 8. The van der Waals surface area contributed by atoms with Gasteiger partial charge in [0.25, 0.3) is 0 Å². The van der Waals surface area contributed by atoms with Gasteiger partial charge < -0.3 is 34.6 Å². The zero-order valence-corrected chi connectivity index (χ0v) is 31.5. The number of likely N-dealkylation sites (N-methyl/N-ethyl adjacent to an activating group) is 1. The number of ether oxygens (including phenoxy) is 3. The molecule has 5 unspecified atom stereocenters. The molecule has 2 aliphatic heterocycles. The summed E-state index contributed by atoms with van der Waals surface area (Å²) >= 11 is 0. The lowest BCUT2D eigenvalue weighted by Gasteiger charge is -2.39. The summed E-state index contributed by atoms with van der Waals surface area (Å²) in [5, 5.41) is 5.46. The van der Waals surface area contributed by atoms with E-state index in [1.807, 2.05) is 18.7 Å². The Hall–Kier alpha value is -3.71. The Morgan fingerprint density at radius 1 is 1.02 bits per heavy atom. The van der Waals surface area contributed by atoms with Crippen LogP contribution in [0.15, 0.2) is 24.3 Å². The Morgan fingerprint density at radius 2 is 1.70 bits per heavy atom. The number of hydrogen-bond donors (Lipinski definition) is 2. The molecule has 0 aliphatic carbocycles. The molecule has 2 aliphatic rings. The third kappa shape index (κ3) is 9.96. The Balaban J connectivity index is 1.62. The van der Waals surface area contributed by atoms with E-state index in [0.717, 1.165) is 24.8 Å². The number of rotatable bonds is 16. The molecule has 5 amide bonds. The van der Waals surface area contributed by atoms with Crippen LogP contribution in [-0.2, 0) is 40.0 Å². The molecule has 3 rings (SSSR count). The van der Waals surface area contributed by atoms with Crippen molar-refractivity contribution in [1.82, 2.24) is 20.0 Å². The van der Waals surface area contributed by atoms with Crippen LogP contribution in [0.1, 0.15) is 85.6 Å². The number of amides is 5. The van der Waals surface area contributed by atoms with Gasteiger partial charge in [0, 0.05) is 47.0 Å². The average Bonchev–Trinajstić information content (AvgIpc) is 3.73. The molecule has 0 spiro atoms. The molecule has 280 valence electrons. The van der Waals surface area contributed by atoms with Crippen LogP contribution in [0.25, 0.3) is 0 Å². The van der Waals surface area contributed by atoms with Crippen LogP contribution in [0.3, 0.4) is 0 Å². The van der Waals surface area contributed by atoms with Crippen LogP contribution < -0.4 is 10.6 Å². The highest BCUT2D eigenvalue weighted by Crippen LogP contribution is 2.31. The third-order valence-electron chi connectivity index (χ3n) is 10.4. The van der Waals surface area contributed by atoms with Gasteiger partial charge >= 0.3 is 6.09 Å². The first-order valence-corrected chi connectivity index (χ1v) is 17.9. The molecule has 0 saturated carbocycles. The number of likely N-dealkylation sites (tertiary alicyclic amines) is 2. The molecule has 2 N–H and O–H groups in total. The maximum Gasteiger partial charge on any atom is 0.410 e. The zero-order chi connectivity index (χ0) is 37.2. The van der Waals surface area contributed by atoms with Crippen molar-refractivity contribution in [1.29, 1.82) is 0 Å². The minimum atomic E-state index is -1.19. The summed E-state index contributed by atoms with van der Waals surface area (Å²) < 4.78 is 17.2. The quantitative estimate of drug-likeness (QED) is 0.261. The van der Waals surface area contributed by atoms with Crippen LogP contribution in [0.4, 0.5) is 10.5 Å². The van der Waals surface area contributed by atoms with Gasteiger partial charge in [0.1, 0.15) is 12.1 Å². The lowest BCUT2D eigenvalue weighted by atomic mass is 9.90. The summed E-state index contributed by atoms with van der Waals surface area (Å²) in [4.78, 5) is 70.2. The number of carbonyl (C=O) groups excluding carboxylic acids is 5. The Labute approximate surface area is 297 Å². The minimum Gasteiger partial charge on any atom is -0.445 e. The van der Waals surface area contributed by atoms with E-state index in [4.69, 9.17) is 14.2 Å². The van der Waals surface area contributed by atoms with E-state index in [1.165, 1.54) is 11.8 Å². The van der Waals surface area contributed by atoms with Gasteiger partial charge in [0.15, 0.2) is 0 Å². The van der Waals surface area contributed by atoms with Crippen molar-refractivity contribution < 1.29 is 38.2 Å². The predicted octanol–water partition coefficient (Wildman–Crippen LogP) is 4.19. The smallest absolute Gasteiger partial charge is 0.410 e. The van der Waals surface area contributed by atoms with Gasteiger partial charge in [0.05, 0.1) is 37.3 Å². The normalized spacial score (nSPS) is 21.4. The molecule has 1 aromatic carbocycles. The van der Waals surface area contributed by atoms with E-state index < -0.39 is 29.7 Å². The molecule has 50 heavy (non-hydrogen) atoms. The van der Waals surface area contributed by atoms with E-state index in [-0.39, 0.29) is 61.3 Å². The summed E-state index contributed by atoms with van der Waals surface area (Å²) in [7, 11) is 4.94. The monoisotopic (exact) mass is 701 g/mol. The molecule has 6 atom stereocenters. The third-order valence-corrected chi connectivity index (χ3v) is 10.4. The summed E-state index contributed by atoms with van der Waals surface area (Å²) in [6, 6.07) is 6.53. The van der Waals surface area contributed by atoms with Gasteiger partial charge in [-0.15, -0.1) is 0 Å². The van der Waals surface area contributed by atoms with Gasteiger partial charge in [-0.2, -0.15) is 0 Å². The molecular weight excluding hydrogens is 642 g/mol. The van der Waals surface area contributed by atoms with E-state index >= 15 is 0 Å². The predicted molar refractivity (Wildman–Crippen MR) is 190 cm³/mol. The van der Waals surface area contributed by atoms with Crippen LogP contribution in [-0.4, -0.2) is 115 Å². The second-order valence-electron chi connectivity index (χ2n) is 14.2. The van der Waals surface area contributed by atoms with Gasteiger partial charge in [0.2, 0.25) is 23.6 Å². The Morgan fingerprint density at radius 3 is 2.28 bits per heavy atom. The second kappa shape index (κ2) is 18.5. The fourth-order valence-corrected chi connectivity index (χ4v) is 7.43. The van der Waals surface area contributed by atoms with Gasteiger partial charge in [-0.25, -0.2) is 4.79 Å². The van der Waals surface area contributed by atoms with Crippen LogP contribution in [0.5, 0.6) is 0 Å². The minimum absolute atomic E-state index is 0.0000591. The zero-order valence-electron chi connectivity index (χ0n) is 31.5. The summed E-state index contributed by atoms with van der Waals surface area (Å²) in [5.41, 5.74) is 0.176. The number of carbonyl (C=O) groups is 5. The molecule has 2 heterocycles. The molecule has 0 bridgehead atoms. The van der Waals surface area contributed by atoms with Crippen molar-refractivity contribution in [2.45, 2.75) is 117 Å². The molecule has 2 saturated heterocycles. The first-order valence-electron chi connectivity index (χ1n) is 17.9. The number of nitrogens with zero attached hydrogens (tertiary/aromatic N) is 3. The molecular formula is C37H59N5O8. The van der Waals surface area contributed by atoms with E-state index in [9.17, 15) is 24.0 Å². The summed E-state index contributed by atoms with van der Waals surface area (Å²) in [5.74, 6) is -0.700. The first-order chi connectivity index (χ1) is 23.7. The number of methoxy groups -OCH3 is 2. The molecule has 0 radical (unpaired) electrons. The molecule has 13 nitrogen and oxygen atoms in total. The highest BCUT2D eigenvalue weighted by Gasteiger charge is 2.47. The van der Waals surface area contributed by atoms with Gasteiger partial charge in [-0.05, 0) is 62.1 Å². The van der Waals surface area contributed by atoms with Crippen LogP contribution >= 0.6 is 0 Å². The number of anilines is 1. The van der Waals surface area contributed by atoms with E-state index in [1.54, 1.807) is 57.4 Å². The van der Waals surface area contributed by atoms with E-state index in [2.05, 4.69) is 24.5 Å². The maximum atomic E-state index is 13.7. The topological polar surface area (TPSA) is 147 Å². The standard InChI is InChI=1S/C37H59N5O8/c1-10-25(4)33(30(48-8)21-31(44)41-19-11-13-29(41)34(49-9)24(2)3)40(7)32(45)22-38-35(46)37(6)18-12-20-42(37)36(47)50-23-27-14-16-28(17-15-27)39-26(5)43/h14-17,24-25,29-30,33-34H,10-13,18-23H2,1-9H3,(H,38,46)(H,39,43)/t25?,29?,30?,33?,34?,37-/m0/s1. The van der Waals surface area contributed by atoms with Gasteiger partial charge in [-0.3, -0.25) is 24.1 Å². The highest BCUT2D eigenvalue weighted by atomic mass is 16.6. The maximum absolute atomic E-state index is 13.7. The Kier molecular flexibility index (Phi) is 15.1. The number of nitrogens with one attached hydrogen (secondary N) is 2. The van der Waals surface area contributed by atoms with Crippen molar-refractivity contribution in [3.05, 3.63) is 29.8 Å². The summed E-state index contributed by atoms with van der Waals surface area (Å²) in [6.45, 7) is 12.1. The van der Waals surface area contributed by atoms with Crippen molar-refractivity contribution in [2.75, 3.05) is 46.2 Å². The first kappa shape index (κ1) is 40.7. The number of benzene rings is 1. The fraction of sp³-hybridized carbons (Fsp3) is 0.703.